The van der Waals surface area contributed by atoms with E-state index < -0.39 is 0 Å². The lowest BCUT2D eigenvalue weighted by molar-refractivity contribution is -0.118. The molecule has 140 valence electrons. The predicted molar refractivity (Wildman–Crippen MR) is 110 cm³/mol. The molecule has 1 atom stereocenters. The average Bonchev–Trinajstić information content (AvgIpc) is 3.06. The van der Waals surface area contributed by atoms with Crippen molar-refractivity contribution in [2.24, 2.45) is 7.05 Å². The average molecular weight is 401 g/mol. The molecule has 7 heteroatoms. The second-order valence-electron chi connectivity index (χ2n) is 6.25. The molecule has 2 aromatic carbocycles. The Labute approximate surface area is 168 Å². The quantitative estimate of drug-likeness (QED) is 0.605. The Bertz CT molecular complexity index is 913. The number of nitrogens with one attached hydrogen (secondary N) is 1. The molecular formula is C20H21ClN4OS. The van der Waals surface area contributed by atoms with Crippen molar-refractivity contribution in [3.63, 3.8) is 0 Å². The van der Waals surface area contributed by atoms with Crippen molar-refractivity contribution >= 4 is 29.3 Å². The van der Waals surface area contributed by atoms with E-state index in [9.17, 15) is 4.79 Å². The number of halogens is 1. The summed E-state index contributed by atoms with van der Waals surface area (Å²) in [5, 5.41) is 12.7. The molecule has 0 aliphatic heterocycles. The van der Waals surface area contributed by atoms with Crippen LogP contribution in [0.15, 0.2) is 59.8 Å². The van der Waals surface area contributed by atoms with Gasteiger partial charge in [0.15, 0.2) is 11.0 Å². The second-order valence-corrected chi connectivity index (χ2v) is 7.60. The standard InChI is InChI=1S/C20H21ClN4OS/c1-14(15-8-4-3-5-9-15)12-22-18(26)13-27-20-24-23-19(25(20)2)16-10-6-7-11-17(16)21/h3-11,14H,12-13H2,1-2H3,(H,22,26)/t14-/m1/s1. The molecule has 0 radical (unpaired) electrons. The Morgan fingerprint density at radius 2 is 1.85 bits per heavy atom. The first-order valence-corrected chi connectivity index (χ1v) is 10.0. The van der Waals surface area contributed by atoms with Crippen LogP contribution in [0.5, 0.6) is 0 Å². The maximum absolute atomic E-state index is 12.2. The molecule has 1 N–H and O–H groups in total. The molecular weight excluding hydrogens is 380 g/mol. The minimum atomic E-state index is -0.0231. The van der Waals surface area contributed by atoms with Gasteiger partial charge < -0.3 is 9.88 Å². The third kappa shape index (κ3) is 4.90. The summed E-state index contributed by atoms with van der Waals surface area (Å²) in [5.41, 5.74) is 2.03. The van der Waals surface area contributed by atoms with Gasteiger partial charge in [-0.15, -0.1) is 10.2 Å². The van der Waals surface area contributed by atoms with Crippen molar-refractivity contribution < 1.29 is 4.79 Å². The highest BCUT2D eigenvalue weighted by Crippen LogP contribution is 2.28. The number of rotatable bonds is 7. The van der Waals surface area contributed by atoms with Crippen LogP contribution in [0.2, 0.25) is 5.02 Å². The SMILES string of the molecule is C[C@H](CNC(=O)CSc1nnc(-c2ccccc2Cl)n1C)c1ccccc1. The smallest absolute Gasteiger partial charge is 0.230 e. The lowest BCUT2D eigenvalue weighted by Crippen LogP contribution is -2.29. The van der Waals surface area contributed by atoms with Gasteiger partial charge in [-0.1, -0.05) is 72.8 Å². The summed E-state index contributed by atoms with van der Waals surface area (Å²) in [6.45, 7) is 2.70. The van der Waals surface area contributed by atoms with Gasteiger partial charge in [0.2, 0.25) is 5.91 Å². The zero-order valence-corrected chi connectivity index (χ0v) is 16.8. The number of carbonyl (C=O) groups is 1. The number of carbonyl (C=O) groups excluding carboxylic acids is 1. The van der Waals surface area contributed by atoms with E-state index in [0.29, 0.717) is 22.5 Å². The summed E-state index contributed by atoms with van der Waals surface area (Å²) >= 11 is 7.60. The van der Waals surface area contributed by atoms with Gasteiger partial charge in [-0.2, -0.15) is 0 Å². The third-order valence-corrected chi connectivity index (χ3v) is 5.61. The molecule has 0 saturated heterocycles. The first kappa shape index (κ1) is 19.5. The Morgan fingerprint density at radius 3 is 2.59 bits per heavy atom. The number of aromatic nitrogens is 3. The fourth-order valence-corrected chi connectivity index (χ4v) is 3.63. The topological polar surface area (TPSA) is 59.8 Å². The fraction of sp³-hybridized carbons (Fsp3) is 0.250. The molecule has 1 amide bonds. The van der Waals surface area contributed by atoms with Crippen LogP contribution in [-0.4, -0.2) is 33.0 Å². The van der Waals surface area contributed by atoms with Crippen LogP contribution in [0.4, 0.5) is 0 Å². The summed E-state index contributed by atoms with van der Waals surface area (Å²) in [4.78, 5) is 12.2. The molecule has 0 saturated carbocycles. The number of thioether (sulfide) groups is 1. The van der Waals surface area contributed by atoms with Crippen LogP contribution < -0.4 is 5.32 Å². The van der Waals surface area contributed by atoms with Crippen LogP contribution in [0.3, 0.4) is 0 Å². The van der Waals surface area contributed by atoms with E-state index in [1.54, 1.807) is 0 Å². The Kier molecular flexibility index (Phi) is 6.53. The molecule has 1 heterocycles. The molecule has 0 aliphatic carbocycles. The normalized spacial score (nSPS) is 12.0. The minimum absolute atomic E-state index is 0.0231. The molecule has 27 heavy (non-hydrogen) atoms. The molecule has 5 nitrogen and oxygen atoms in total. The van der Waals surface area contributed by atoms with Crippen LogP contribution in [0.25, 0.3) is 11.4 Å². The zero-order valence-electron chi connectivity index (χ0n) is 15.2. The van der Waals surface area contributed by atoms with Gasteiger partial charge in [0, 0.05) is 19.2 Å². The monoisotopic (exact) mass is 400 g/mol. The summed E-state index contributed by atoms with van der Waals surface area (Å²) < 4.78 is 1.85. The van der Waals surface area contributed by atoms with Crippen molar-refractivity contribution in [1.29, 1.82) is 0 Å². The fourth-order valence-electron chi connectivity index (χ4n) is 2.67. The van der Waals surface area contributed by atoms with Crippen LogP contribution in [-0.2, 0) is 11.8 Å². The molecule has 0 spiro atoms. The number of hydrogen-bond acceptors (Lipinski definition) is 4. The number of hydrogen-bond donors (Lipinski definition) is 1. The van der Waals surface area contributed by atoms with E-state index in [1.807, 2.05) is 54.1 Å². The molecule has 0 bridgehead atoms. The van der Waals surface area contributed by atoms with Crippen LogP contribution in [0, 0.1) is 0 Å². The van der Waals surface area contributed by atoms with Crippen molar-refractivity contribution in [2.45, 2.75) is 18.0 Å². The third-order valence-electron chi connectivity index (χ3n) is 4.26. The summed E-state index contributed by atoms with van der Waals surface area (Å²) in [6.07, 6.45) is 0. The summed E-state index contributed by atoms with van der Waals surface area (Å²) in [6, 6.07) is 17.6. The molecule has 0 aliphatic rings. The maximum Gasteiger partial charge on any atom is 0.230 e. The van der Waals surface area contributed by atoms with Crippen molar-refractivity contribution in [3.05, 3.63) is 65.2 Å². The molecule has 0 unspecified atom stereocenters. The number of benzene rings is 2. The highest BCUT2D eigenvalue weighted by Gasteiger charge is 2.15. The molecule has 3 aromatic rings. The van der Waals surface area contributed by atoms with E-state index in [4.69, 9.17) is 11.6 Å². The Balaban J connectivity index is 1.54. The van der Waals surface area contributed by atoms with E-state index in [-0.39, 0.29) is 17.6 Å². The zero-order chi connectivity index (χ0) is 19.2. The molecule has 3 rings (SSSR count). The lowest BCUT2D eigenvalue weighted by atomic mass is 10.0. The van der Waals surface area contributed by atoms with Gasteiger partial charge in [-0.05, 0) is 23.6 Å². The highest BCUT2D eigenvalue weighted by molar-refractivity contribution is 7.99. The lowest BCUT2D eigenvalue weighted by Gasteiger charge is -2.12. The first-order valence-electron chi connectivity index (χ1n) is 8.65. The highest BCUT2D eigenvalue weighted by atomic mass is 35.5. The first-order chi connectivity index (χ1) is 13.1. The largest absolute Gasteiger partial charge is 0.355 e. The van der Waals surface area contributed by atoms with Gasteiger partial charge >= 0.3 is 0 Å². The van der Waals surface area contributed by atoms with Crippen molar-refractivity contribution in [3.8, 4) is 11.4 Å². The van der Waals surface area contributed by atoms with Gasteiger partial charge in [0.25, 0.3) is 0 Å². The van der Waals surface area contributed by atoms with Crippen LogP contribution >= 0.6 is 23.4 Å². The van der Waals surface area contributed by atoms with E-state index in [2.05, 4.69) is 34.6 Å². The predicted octanol–water partition coefficient (Wildman–Crippen LogP) is 4.15. The van der Waals surface area contributed by atoms with Crippen LogP contribution in [0.1, 0.15) is 18.4 Å². The summed E-state index contributed by atoms with van der Waals surface area (Å²) in [7, 11) is 1.87. The number of nitrogens with zero attached hydrogens (tertiary/aromatic N) is 3. The summed E-state index contributed by atoms with van der Waals surface area (Å²) in [5.74, 6) is 1.21. The minimum Gasteiger partial charge on any atom is -0.355 e. The molecule has 0 fully saturated rings. The van der Waals surface area contributed by atoms with Gasteiger partial charge in [-0.3, -0.25) is 4.79 Å². The van der Waals surface area contributed by atoms with Gasteiger partial charge in [0.1, 0.15) is 0 Å². The molecule has 1 aromatic heterocycles. The Morgan fingerprint density at radius 1 is 1.15 bits per heavy atom. The van der Waals surface area contributed by atoms with E-state index in [0.717, 1.165) is 5.56 Å². The second kappa shape index (κ2) is 9.06. The Hall–Kier alpha value is -2.31. The number of amides is 1. The van der Waals surface area contributed by atoms with Gasteiger partial charge in [-0.25, -0.2) is 0 Å². The van der Waals surface area contributed by atoms with E-state index in [1.165, 1.54) is 17.3 Å². The van der Waals surface area contributed by atoms with E-state index >= 15 is 0 Å². The maximum atomic E-state index is 12.2. The van der Waals surface area contributed by atoms with Crippen molar-refractivity contribution in [1.82, 2.24) is 20.1 Å². The van der Waals surface area contributed by atoms with Crippen molar-refractivity contribution in [2.75, 3.05) is 12.3 Å². The van der Waals surface area contributed by atoms with Gasteiger partial charge in [0.05, 0.1) is 10.8 Å².